The lowest BCUT2D eigenvalue weighted by atomic mass is 9.97. The third-order valence-corrected chi connectivity index (χ3v) is 12.8. The molecule has 0 aromatic carbocycles. The molecule has 0 radical (unpaired) electrons. The van der Waals surface area contributed by atoms with Crippen LogP contribution in [-0.4, -0.2) is 0 Å². The van der Waals surface area contributed by atoms with E-state index in [0.29, 0.717) is 0 Å². The van der Waals surface area contributed by atoms with Crippen molar-refractivity contribution in [3.05, 3.63) is 29.6 Å². The zero-order valence-electron chi connectivity index (χ0n) is 38.7. The summed E-state index contributed by atoms with van der Waals surface area (Å²) in [5.74, 6) is 0. The van der Waals surface area contributed by atoms with Crippen molar-refractivity contribution in [2.45, 2.75) is 316 Å². The minimum absolute atomic E-state index is 1.21. The van der Waals surface area contributed by atoms with E-state index in [4.69, 9.17) is 0 Å². The first-order valence-electron chi connectivity index (χ1n) is 26.3. The molecule has 0 bridgehead atoms. The average molecular weight is 767 g/mol. The molecule has 55 heavy (non-hydrogen) atoms. The maximum Gasteiger partial charge on any atom is 0.172 e. The summed E-state index contributed by atoms with van der Waals surface area (Å²) in [6.45, 7) is 8.16. The Bertz CT molecular complexity index is 859. The lowest BCUT2D eigenvalue weighted by molar-refractivity contribution is -0.697. The third kappa shape index (κ3) is 37.2. The number of pyridine rings is 1. The number of aromatic nitrogens is 1. The van der Waals surface area contributed by atoms with Crippen LogP contribution in [-0.2, 0) is 19.4 Å². The van der Waals surface area contributed by atoms with Gasteiger partial charge in [-0.25, -0.2) is 4.57 Å². The van der Waals surface area contributed by atoms with Crippen LogP contribution >= 0.6 is 0 Å². The van der Waals surface area contributed by atoms with Gasteiger partial charge in [0.25, 0.3) is 0 Å². The highest BCUT2D eigenvalue weighted by Gasteiger charge is 2.10. The fraction of sp³-hybridized carbons (Fsp3) is 0.907. The molecule has 1 heteroatoms. The summed E-state index contributed by atoms with van der Waals surface area (Å²) in [4.78, 5) is 0. The van der Waals surface area contributed by atoms with E-state index in [1.165, 1.54) is 295 Å². The lowest BCUT2D eigenvalue weighted by Gasteiger charge is -2.10. The van der Waals surface area contributed by atoms with Gasteiger partial charge in [-0.05, 0) is 37.7 Å². The van der Waals surface area contributed by atoms with E-state index in [0.717, 1.165) is 0 Å². The maximum absolute atomic E-state index is 2.57. The molecule has 0 unspecified atom stereocenters. The van der Waals surface area contributed by atoms with Crippen molar-refractivity contribution >= 4 is 0 Å². The highest BCUT2D eigenvalue weighted by molar-refractivity contribution is 5.21. The molecular weight excluding hydrogens is 663 g/mol. The normalized spacial score (nSPS) is 11.6. The summed E-state index contributed by atoms with van der Waals surface area (Å²) >= 11 is 0. The number of hydrogen-bond acceptors (Lipinski definition) is 0. The van der Waals surface area contributed by atoms with E-state index >= 15 is 0 Å². The van der Waals surface area contributed by atoms with Crippen LogP contribution in [0, 0.1) is 0 Å². The quantitative estimate of drug-likeness (QED) is 0.0460. The third-order valence-electron chi connectivity index (χ3n) is 12.8. The van der Waals surface area contributed by atoms with Gasteiger partial charge in [-0.2, -0.15) is 0 Å². The van der Waals surface area contributed by atoms with E-state index in [2.05, 4.69) is 43.8 Å². The predicted molar refractivity (Wildman–Crippen MR) is 250 cm³/mol. The second-order valence-corrected chi connectivity index (χ2v) is 18.4. The number of aryl methyl sites for hydroxylation is 3. The first-order valence-corrected chi connectivity index (χ1v) is 26.3. The molecule has 0 spiro atoms. The Kier molecular flexibility index (Phi) is 42.0. The smallest absolute Gasteiger partial charge is 0.172 e. The van der Waals surface area contributed by atoms with Crippen molar-refractivity contribution in [2.75, 3.05) is 0 Å². The standard InChI is InChI=1S/C54H104N/c1-4-7-10-13-16-19-21-23-25-27-29-31-33-35-38-41-44-47-53-49-51-55(50-46-43-40-37-18-15-12-9-6-3)52-54(53)48-45-42-39-36-34-32-30-28-26-24-22-20-17-14-11-8-5-2/h49,51-52H,4-48,50H2,1-3H3/q+1. The summed E-state index contributed by atoms with van der Waals surface area (Å²) in [7, 11) is 0. The van der Waals surface area contributed by atoms with Crippen LogP contribution in [0.5, 0.6) is 0 Å². The maximum atomic E-state index is 2.57. The number of hydrogen-bond donors (Lipinski definition) is 0. The van der Waals surface area contributed by atoms with Crippen molar-refractivity contribution in [3.63, 3.8) is 0 Å². The fourth-order valence-electron chi connectivity index (χ4n) is 8.91. The molecule has 1 rings (SSSR count). The zero-order valence-corrected chi connectivity index (χ0v) is 38.7. The van der Waals surface area contributed by atoms with Crippen molar-refractivity contribution in [2.24, 2.45) is 0 Å². The largest absolute Gasteiger partial charge is 0.205 e. The SMILES string of the molecule is CCCCCCCCCCCCCCCCCCCc1cc[n+](CCCCCCCCCCC)cc1CCCCCCCCCCCCCCCCCCC. The average Bonchev–Trinajstić information content (AvgIpc) is 3.20. The van der Waals surface area contributed by atoms with Gasteiger partial charge >= 0.3 is 0 Å². The van der Waals surface area contributed by atoms with Crippen LogP contribution in [0.3, 0.4) is 0 Å². The Labute approximate surface area is 349 Å². The van der Waals surface area contributed by atoms with Gasteiger partial charge in [0.1, 0.15) is 6.54 Å². The van der Waals surface area contributed by atoms with Gasteiger partial charge in [-0.1, -0.05) is 271 Å². The Morgan fingerprint density at radius 3 is 0.800 bits per heavy atom. The highest BCUT2D eigenvalue weighted by atomic mass is 14.9. The van der Waals surface area contributed by atoms with Crippen LogP contribution < -0.4 is 4.57 Å². The Balaban J connectivity index is 2.23. The molecule has 1 aromatic heterocycles. The molecule has 0 N–H and O–H groups in total. The van der Waals surface area contributed by atoms with Crippen molar-refractivity contribution in [3.8, 4) is 0 Å². The van der Waals surface area contributed by atoms with Gasteiger partial charge in [-0.15, -0.1) is 0 Å². The van der Waals surface area contributed by atoms with E-state index < -0.39 is 0 Å². The molecule has 1 aromatic rings. The van der Waals surface area contributed by atoms with Crippen LogP contribution in [0.15, 0.2) is 18.5 Å². The van der Waals surface area contributed by atoms with Crippen LogP contribution in [0.2, 0.25) is 0 Å². The first-order chi connectivity index (χ1) is 27.3. The van der Waals surface area contributed by atoms with Gasteiger partial charge in [0.15, 0.2) is 12.4 Å². The first kappa shape index (κ1) is 52.2. The zero-order chi connectivity index (χ0) is 39.4. The summed E-state index contributed by atoms with van der Waals surface area (Å²) in [6, 6.07) is 2.52. The van der Waals surface area contributed by atoms with E-state index in [1.54, 1.807) is 11.1 Å². The van der Waals surface area contributed by atoms with E-state index in [-0.39, 0.29) is 0 Å². The molecule has 1 nitrogen and oxygen atoms in total. The molecule has 0 saturated carbocycles. The lowest BCUT2D eigenvalue weighted by Crippen LogP contribution is -2.34. The minimum atomic E-state index is 1.21. The highest BCUT2D eigenvalue weighted by Crippen LogP contribution is 2.19. The van der Waals surface area contributed by atoms with Gasteiger partial charge in [-0.3, -0.25) is 0 Å². The second kappa shape index (κ2) is 44.3. The summed E-state index contributed by atoms with van der Waals surface area (Å²) in [5.41, 5.74) is 3.34. The van der Waals surface area contributed by atoms with Gasteiger partial charge < -0.3 is 0 Å². The van der Waals surface area contributed by atoms with Crippen molar-refractivity contribution in [1.29, 1.82) is 0 Å². The molecule has 0 amide bonds. The number of unbranched alkanes of at least 4 members (excludes halogenated alkanes) is 40. The summed E-state index contributed by atoms with van der Waals surface area (Å²) < 4.78 is 2.54. The summed E-state index contributed by atoms with van der Waals surface area (Å²) in [5, 5.41) is 0. The van der Waals surface area contributed by atoms with Crippen LogP contribution in [0.4, 0.5) is 0 Å². The molecule has 324 valence electrons. The topological polar surface area (TPSA) is 3.88 Å². The molecule has 0 aliphatic rings. The molecule has 0 fully saturated rings. The summed E-state index contributed by atoms with van der Waals surface area (Å²) in [6.07, 6.45) is 69.8. The van der Waals surface area contributed by atoms with Gasteiger partial charge in [0.2, 0.25) is 0 Å². The minimum Gasteiger partial charge on any atom is -0.205 e. The van der Waals surface area contributed by atoms with Crippen LogP contribution in [0.25, 0.3) is 0 Å². The molecule has 0 aliphatic carbocycles. The Morgan fingerprint density at radius 2 is 0.509 bits per heavy atom. The van der Waals surface area contributed by atoms with E-state index in [9.17, 15) is 0 Å². The van der Waals surface area contributed by atoms with Gasteiger partial charge in [0.05, 0.1) is 0 Å². The Morgan fingerprint density at radius 1 is 0.273 bits per heavy atom. The van der Waals surface area contributed by atoms with Gasteiger partial charge in [0, 0.05) is 18.1 Å². The second-order valence-electron chi connectivity index (χ2n) is 18.4. The monoisotopic (exact) mass is 767 g/mol. The molecular formula is C54H104N+. The molecule has 0 aliphatic heterocycles. The molecule has 0 atom stereocenters. The predicted octanol–water partition coefficient (Wildman–Crippen LogP) is 18.9. The van der Waals surface area contributed by atoms with Crippen molar-refractivity contribution < 1.29 is 4.57 Å². The van der Waals surface area contributed by atoms with Crippen molar-refractivity contribution in [1.82, 2.24) is 0 Å². The fourth-order valence-corrected chi connectivity index (χ4v) is 8.91. The Hall–Kier alpha value is -0.850. The van der Waals surface area contributed by atoms with Crippen LogP contribution in [0.1, 0.15) is 308 Å². The number of rotatable bonds is 46. The number of nitrogens with zero attached hydrogens (tertiary/aromatic N) is 1. The molecule has 0 saturated heterocycles. The molecule has 1 heterocycles. The van der Waals surface area contributed by atoms with E-state index in [1.807, 2.05) is 0 Å².